The molecule has 0 amide bonds. The van der Waals surface area contributed by atoms with Crippen molar-refractivity contribution in [2.75, 3.05) is 5.75 Å². The standard InChI is InChI=1S/C12H10BrFOS2/c13-10-5-6-16-12(10)11(15)7-17-9-3-1-8(14)2-4-9/h1-6,11,15H,7H2. The van der Waals surface area contributed by atoms with Gasteiger partial charge in [0.2, 0.25) is 0 Å². The molecule has 0 spiro atoms. The van der Waals surface area contributed by atoms with E-state index in [4.69, 9.17) is 0 Å². The third kappa shape index (κ3) is 3.55. The number of hydrogen-bond acceptors (Lipinski definition) is 3. The highest BCUT2D eigenvalue weighted by Crippen LogP contribution is 2.32. The molecule has 2 aromatic rings. The molecule has 90 valence electrons. The molecule has 1 N–H and O–H groups in total. The molecule has 0 aliphatic carbocycles. The Hall–Kier alpha value is -0.360. The first-order chi connectivity index (χ1) is 8.16. The fourth-order valence-corrected chi connectivity index (χ4v) is 3.90. The summed E-state index contributed by atoms with van der Waals surface area (Å²) in [6.45, 7) is 0. The van der Waals surface area contributed by atoms with Crippen LogP contribution in [-0.2, 0) is 0 Å². The van der Waals surface area contributed by atoms with Gasteiger partial charge in [-0.2, -0.15) is 0 Å². The van der Waals surface area contributed by atoms with Crippen LogP contribution in [0.5, 0.6) is 0 Å². The van der Waals surface area contributed by atoms with E-state index in [9.17, 15) is 9.50 Å². The second-order valence-corrected chi connectivity index (χ2v) is 6.31. The minimum absolute atomic E-state index is 0.240. The van der Waals surface area contributed by atoms with Crippen molar-refractivity contribution in [2.24, 2.45) is 0 Å². The van der Waals surface area contributed by atoms with Crippen LogP contribution in [0.15, 0.2) is 45.1 Å². The lowest BCUT2D eigenvalue weighted by atomic mass is 10.3. The van der Waals surface area contributed by atoms with Crippen molar-refractivity contribution in [2.45, 2.75) is 11.0 Å². The Balaban J connectivity index is 1.94. The van der Waals surface area contributed by atoms with Gasteiger partial charge >= 0.3 is 0 Å². The number of rotatable bonds is 4. The molecule has 1 unspecified atom stereocenters. The molecule has 0 fully saturated rings. The Morgan fingerprint density at radius 3 is 2.59 bits per heavy atom. The lowest BCUT2D eigenvalue weighted by Crippen LogP contribution is -1.98. The van der Waals surface area contributed by atoms with E-state index in [1.807, 2.05) is 11.4 Å². The topological polar surface area (TPSA) is 20.2 Å². The van der Waals surface area contributed by atoms with E-state index in [1.165, 1.54) is 35.2 Å². The predicted octanol–water partition coefficient (Wildman–Crippen LogP) is 4.48. The van der Waals surface area contributed by atoms with Gasteiger partial charge in [0.15, 0.2) is 0 Å². The molecule has 0 radical (unpaired) electrons. The minimum Gasteiger partial charge on any atom is -0.387 e. The van der Waals surface area contributed by atoms with Gasteiger partial charge in [-0.25, -0.2) is 4.39 Å². The predicted molar refractivity (Wildman–Crippen MR) is 74.1 cm³/mol. The van der Waals surface area contributed by atoms with Gasteiger partial charge in [-0.1, -0.05) is 0 Å². The normalized spacial score (nSPS) is 12.6. The highest BCUT2D eigenvalue weighted by molar-refractivity contribution is 9.10. The Morgan fingerprint density at radius 2 is 2.00 bits per heavy atom. The first kappa shape index (κ1) is 13.1. The number of thiophene rings is 1. The summed E-state index contributed by atoms with van der Waals surface area (Å²) in [7, 11) is 0. The quantitative estimate of drug-likeness (QED) is 0.833. The summed E-state index contributed by atoms with van der Waals surface area (Å²) in [6, 6.07) is 8.21. The van der Waals surface area contributed by atoms with Crippen molar-refractivity contribution in [3.63, 3.8) is 0 Å². The molecule has 0 saturated heterocycles. The van der Waals surface area contributed by atoms with Crippen LogP contribution < -0.4 is 0 Å². The van der Waals surface area contributed by atoms with Crippen LogP contribution in [0.4, 0.5) is 4.39 Å². The van der Waals surface area contributed by atoms with Crippen LogP contribution in [0.2, 0.25) is 0 Å². The molecular weight excluding hydrogens is 323 g/mol. The van der Waals surface area contributed by atoms with Crippen LogP contribution in [0.1, 0.15) is 11.0 Å². The van der Waals surface area contributed by atoms with E-state index in [1.54, 1.807) is 12.1 Å². The molecule has 1 atom stereocenters. The number of halogens is 2. The molecule has 1 aromatic heterocycles. The van der Waals surface area contributed by atoms with Crippen molar-refractivity contribution in [3.8, 4) is 0 Å². The fraction of sp³-hybridized carbons (Fsp3) is 0.167. The highest BCUT2D eigenvalue weighted by atomic mass is 79.9. The average molecular weight is 333 g/mol. The van der Waals surface area contributed by atoms with Gasteiger partial charge in [0.25, 0.3) is 0 Å². The molecule has 1 nitrogen and oxygen atoms in total. The summed E-state index contributed by atoms with van der Waals surface area (Å²) in [4.78, 5) is 1.89. The molecule has 2 rings (SSSR count). The van der Waals surface area contributed by atoms with Crippen LogP contribution >= 0.6 is 39.0 Å². The van der Waals surface area contributed by atoms with Crippen LogP contribution in [-0.4, -0.2) is 10.9 Å². The van der Waals surface area contributed by atoms with Crippen molar-refractivity contribution in [3.05, 3.63) is 50.9 Å². The molecular formula is C12H10BrFOS2. The van der Waals surface area contributed by atoms with Crippen LogP contribution in [0.25, 0.3) is 0 Å². The maximum absolute atomic E-state index is 12.7. The third-order valence-corrected chi connectivity index (χ3v) is 5.23. The second kappa shape index (κ2) is 6.00. The summed E-state index contributed by atoms with van der Waals surface area (Å²) >= 11 is 6.43. The average Bonchev–Trinajstić information content (AvgIpc) is 2.74. The minimum atomic E-state index is -0.501. The van der Waals surface area contributed by atoms with Gasteiger partial charge < -0.3 is 5.11 Å². The number of benzene rings is 1. The molecule has 0 aliphatic heterocycles. The van der Waals surface area contributed by atoms with E-state index in [0.29, 0.717) is 5.75 Å². The van der Waals surface area contributed by atoms with Gasteiger partial charge in [-0.05, 0) is 51.6 Å². The van der Waals surface area contributed by atoms with Gasteiger partial charge in [0, 0.05) is 20.0 Å². The van der Waals surface area contributed by atoms with E-state index in [2.05, 4.69) is 15.9 Å². The Bertz CT molecular complexity index is 484. The maximum Gasteiger partial charge on any atom is 0.123 e. The molecule has 1 aromatic carbocycles. The zero-order valence-corrected chi connectivity index (χ0v) is 12.0. The smallest absolute Gasteiger partial charge is 0.123 e. The van der Waals surface area contributed by atoms with Crippen molar-refractivity contribution >= 4 is 39.0 Å². The van der Waals surface area contributed by atoms with Gasteiger partial charge in [-0.3, -0.25) is 0 Å². The van der Waals surface area contributed by atoms with Crippen molar-refractivity contribution in [1.82, 2.24) is 0 Å². The van der Waals surface area contributed by atoms with E-state index >= 15 is 0 Å². The largest absolute Gasteiger partial charge is 0.387 e. The maximum atomic E-state index is 12.7. The Kier molecular flexibility index (Phi) is 4.62. The first-order valence-electron chi connectivity index (χ1n) is 4.96. The van der Waals surface area contributed by atoms with Crippen LogP contribution in [0, 0.1) is 5.82 Å². The summed E-state index contributed by atoms with van der Waals surface area (Å²) in [5, 5.41) is 11.9. The number of aliphatic hydroxyl groups excluding tert-OH is 1. The lowest BCUT2D eigenvalue weighted by molar-refractivity contribution is 0.207. The second-order valence-electron chi connectivity index (χ2n) is 3.41. The third-order valence-electron chi connectivity index (χ3n) is 2.17. The Morgan fingerprint density at radius 1 is 1.29 bits per heavy atom. The van der Waals surface area contributed by atoms with Crippen molar-refractivity contribution < 1.29 is 9.50 Å². The summed E-state index contributed by atoms with van der Waals surface area (Å²) in [6.07, 6.45) is -0.501. The van der Waals surface area contributed by atoms with Gasteiger partial charge in [0.1, 0.15) is 5.82 Å². The number of aliphatic hydroxyl groups is 1. The molecule has 0 saturated carbocycles. The molecule has 0 bridgehead atoms. The van der Waals surface area contributed by atoms with E-state index in [0.717, 1.165) is 14.2 Å². The molecule has 0 aliphatic rings. The van der Waals surface area contributed by atoms with E-state index < -0.39 is 6.10 Å². The van der Waals surface area contributed by atoms with Crippen molar-refractivity contribution in [1.29, 1.82) is 0 Å². The zero-order valence-electron chi connectivity index (χ0n) is 8.77. The molecule has 1 heterocycles. The summed E-state index contributed by atoms with van der Waals surface area (Å²) < 4.78 is 13.6. The first-order valence-corrected chi connectivity index (χ1v) is 7.62. The van der Waals surface area contributed by atoms with Gasteiger partial charge in [-0.15, -0.1) is 23.1 Å². The fourth-order valence-electron chi connectivity index (χ4n) is 1.32. The lowest BCUT2D eigenvalue weighted by Gasteiger charge is -2.09. The summed E-state index contributed by atoms with van der Waals surface area (Å²) in [5.74, 6) is 0.320. The highest BCUT2D eigenvalue weighted by Gasteiger charge is 2.13. The Labute approximate surface area is 116 Å². The van der Waals surface area contributed by atoms with E-state index in [-0.39, 0.29) is 5.82 Å². The van der Waals surface area contributed by atoms with Gasteiger partial charge in [0.05, 0.1) is 6.10 Å². The SMILES string of the molecule is OC(CSc1ccc(F)cc1)c1sccc1Br. The zero-order chi connectivity index (χ0) is 12.3. The molecule has 17 heavy (non-hydrogen) atoms. The van der Waals surface area contributed by atoms with Crippen LogP contribution in [0.3, 0.4) is 0 Å². The number of thioether (sulfide) groups is 1. The summed E-state index contributed by atoms with van der Waals surface area (Å²) in [5.41, 5.74) is 0. The number of hydrogen-bond donors (Lipinski definition) is 1. The monoisotopic (exact) mass is 332 g/mol. The molecule has 5 heteroatoms.